The van der Waals surface area contributed by atoms with E-state index in [1.165, 1.54) is 0 Å². The smallest absolute Gasteiger partial charge is 0.412 e. The maximum atomic E-state index is 12.1. The van der Waals surface area contributed by atoms with Crippen molar-refractivity contribution in [2.45, 2.75) is 26.4 Å². The first-order valence-corrected chi connectivity index (χ1v) is 7.46. The van der Waals surface area contributed by atoms with Gasteiger partial charge in [0.15, 0.2) is 0 Å². The van der Waals surface area contributed by atoms with Crippen molar-refractivity contribution in [3.8, 4) is 11.3 Å². The van der Waals surface area contributed by atoms with Crippen molar-refractivity contribution < 1.29 is 9.53 Å². The normalized spacial score (nSPS) is 11.4. The molecule has 1 amide bonds. The zero-order valence-corrected chi connectivity index (χ0v) is 13.4. The third kappa shape index (κ3) is 3.51. The molecule has 0 atom stereocenters. The Morgan fingerprint density at radius 2 is 1.91 bits per heavy atom. The molecule has 0 unspecified atom stereocenters. The molecule has 5 heteroatoms. The van der Waals surface area contributed by atoms with Crippen LogP contribution in [0.1, 0.15) is 20.8 Å². The van der Waals surface area contributed by atoms with E-state index in [9.17, 15) is 4.79 Å². The molecule has 0 aliphatic heterocycles. The Hall–Kier alpha value is -2.82. The van der Waals surface area contributed by atoms with Gasteiger partial charge in [-0.15, -0.1) is 0 Å². The van der Waals surface area contributed by atoms with Crippen molar-refractivity contribution in [3.05, 3.63) is 48.7 Å². The maximum Gasteiger partial charge on any atom is 0.412 e. The zero-order valence-electron chi connectivity index (χ0n) is 13.4. The van der Waals surface area contributed by atoms with E-state index in [-0.39, 0.29) is 0 Å². The van der Waals surface area contributed by atoms with Gasteiger partial charge in [-0.1, -0.05) is 30.3 Å². The average molecular weight is 309 g/mol. The largest absolute Gasteiger partial charge is 0.444 e. The van der Waals surface area contributed by atoms with Gasteiger partial charge in [-0.3, -0.25) is 5.32 Å². The van der Waals surface area contributed by atoms with Crippen molar-refractivity contribution in [1.29, 1.82) is 0 Å². The quantitative estimate of drug-likeness (QED) is 0.728. The highest BCUT2D eigenvalue weighted by Gasteiger charge is 2.18. The lowest BCUT2D eigenvalue weighted by Crippen LogP contribution is -2.27. The molecule has 0 aliphatic carbocycles. The molecule has 5 nitrogen and oxygen atoms in total. The van der Waals surface area contributed by atoms with Gasteiger partial charge < -0.3 is 9.72 Å². The highest BCUT2D eigenvalue weighted by atomic mass is 16.6. The van der Waals surface area contributed by atoms with Crippen LogP contribution >= 0.6 is 0 Å². The van der Waals surface area contributed by atoms with Crippen molar-refractivity contribution in [2.24, 2.45) is 0 Å². The number of aromatic nitrogens is 2. The Morgan fingerprint density at radius 1 is 1.17 bits per heavy atom. The second kappa shape index (κ2) is 5.76. The lowest BCUT2D eigenvalue weighted by atomic mass is 10.1. The number of carbonyl (C=O) groups is 1. The number of anilines is 1. The summed E-state index contributed by atoms with van der Waals surface area (Å²) in [4.78, 5) is 19.8. The molecule has 0 aliphatic rings. The van der Waals surface area contributed by atoms with Crippen LogP contribution < -0.4 is 5.32 Å². The molecule has 3 aromatic rings. The molecular formula is C18H19N3O2. The minimum Gasteiger partial charge on any atom is -0.444 e. The third-order valence-electron chi connectivity index (χ3n) is 3.22. The predicted octanol–water partition coefficient (Wildman–Crippen LogP) is 4.58. The number of H-pyrrole nitrogens is 1. The number of amides is 1. The minimum absolute atomic E-state index is 0.494. The predicted molar refractivity (Wildman–Crippen MR) is 91.4 cm³/mol. The number of benzene rings is 1. The molecular weight excluding hydrogens is 290 g/mol. The molecule has 0 saturated heterocycles. The van der Waals surface area contributed by atoms with E-state index in [2.05, 4.69) is 15.3 Å². The van der Waals surface area contributed by atoms with Crippen LogP contribution in [-0.4, -0.2) is 21.7 Å². The van der Waals surface area contributed by atoms with Gasteiger partial charge in [0.1, 0.15) is 11.2 Å². The number of hydrogen-bond acceptors (Lipinski definition) is 3. The molecule has 2 aromatic heterocycles. The van der Waals surface area contributed by atoms with E-state index in [4.69, 9.17) is 4.74 Å². The van der Waals surface area contributed by atoms with Gasteiger partial charge in [0, 0.05) is 17.1 Å². The SMILES string of the molecule is CC(C)(C)OC(=O)Nc1cc2cc[nH]c2nc1-c1ccccc1. The van der Waals surface area contributed by atoms with Crippen molar-refractivity contribution in [3.63, 3.8) is 0 Å². The zero-order chi connectivity index (χ0) is 16.4. The minimum atomic E-state index is -0.553. The fourth-order valence-corrected chi connectivity index (χ4v) is 2.31. The molecule has 3 rings (SSSR count). The monoisotopic (exact) mass is 309 g/mol. The number of fused-ring (bicyclic) bond motifs is 1. The average Bonchev–Trinajstić information content (AvgIpc) is 2.92. The fourth-order valence-electron chi connectivity index (χ4n) is 2.31. The van der Waals surface area contributed by atoms with Crippen molar-refractivity contribution in [1.82, 2.24) is 9.97 Å². The molecule has 23 heavy (non-hydrogen) atoms. The van der Waals surface area contributed by atoms with Gasteiger partial charge in [-0.25, -0.2) is 9.78 Å². The van der Waals surface area contributed by atoms with Crippen LogP contribution in [0.25, 0.3) is 22.3 Å². The Morgan fingerprint density at radius 3 is 2.61 bits per heavy atom. The molecule has 2 N–H and O–H groups in total. The first-order valence-electron chi connectivity index (χ1n) is 7.46. The number of nitrogens with zero attached hydrogens (tertiary/aromatic N) is 1. The summed E-state index contributed by atoms with van der Waals surface area (Å²) in [5, 5.41) is 3.74. The summed E-state index contributed by atoms with van der Waals surface area (Å²) in [6.07, 6.45) is 1.33. The van der Waals surface area contributed by atoms with Gasteiger partial charge in [0.2, 0.25) is 0 Å². The van der Waals surface area contributed by atoms with Crippen molar-refractivity contribution in [2.75, 3.05) is 5.32 Å². The van der Waals surface area contributed by atoms with Gasteiger partial charge in [0.25, 0.3) is 0 Å². The number of rotatable bonds is 2. The standard InChI is InChI=1S/C18H19N3O2/c1-18(2,3)23-17(22)20-14-11-13-9-10-19-16(13)21-15(14)12-7-5-4-6-8-12/h4-11H,1-3H3,(H,19,21)(H,20,22). The number of carbonyl (C=O) groups excluding carboxylic acids is 1. The van der Waals surface area contributed by atoms with Crippen molar-refractivity contribution >= 4 is 22.8 Å². The third-order valence-corrected chi connectivity index (χ3v) is 3.22. The first-order chi connectivity index (χ1) is 10.9. The fraction of sp³-hybridized carbons (Fsp3) is 0.222. The van der Waals surface area contributed by atoms with Gasteiger partial charge in [-0.05, 0) is 32.9 Å². The van der Waals surface area contributed by atoms with E-state index in [0.717, 1.165) is 16.6 Å². The molecule has 2 heterocycles. The lowest BCUT2D eigenvalue weighted by Gasteiger charge is -2.20. The second-order valence-corrected chi connectivity index (χ2v) is 6.29. The van der Waals surface area contributed by atoms with E-state index in [1.807, 2.05) is 69.4 Å². The van der Waals surface area contributed by atoms with E-state index >= 15 is 0 Å². The number of nitrogens with one attached hydrogen (secondary N) is 2. The molecule has 118 valence electrons. The molecule has 1 aromatic carbocycles. The number of aromatic amines is 1. The van der Waals surface area contributed by atoms with Crippen LogP contribution in [-0.2, 0) is 4.74 Å². The van der Waals surface area contributed by atoms with E-state index < -0.39 is 11.7 Å². The van der Waals surface area contributed by atoms with Crippen LogP contribution in [0.3, 0.4) is 0 Å². The Balaban J connectivity index is 2.02. The van der Waals surface area contributed by atoms with E-state index in [1.54, 1.807) is 0 Å². The number of ether oxygens (including phenoxy) is 1. The van der Waals surface area contributed by atoms with Gasteiger partial charge in [-0.2, -0.15) is 0 Å². The summed E-state index contributed by atoms with van der Waals surface area (Å²) < 4.78 is 5.34. The van der Waals surface area contributed by atoms with Crippen LogP contribution in [0.4, 0.5) is 10.5 Å². The molecule has 0 radical (unpaired) electrons. The summed E-state index contributed by atoms with van der Waals surface area (Å²) in [6, 6.07) is 13.5. The lowest BCUT2D eigenvalue weighted by molar-refractivity contribution is 0.0636. The highest BCUT2D eigenvalue weighted by Crippen LogP contribution is 2.29. The molecule has 0 spiro atoms. The van der Waals surface area contributed by atoms with Crippen LogP contribution in [0, 0.1) is 0 Å². The summed E-state index contributed by atoms with van der Waals surface area (Å²) in [5.74, 6) is 0. The summed E-state index contributed by atoms with van der Waals surface area (Å²) >= 11 is 0. The molecule has 0 fully saturated rings. The summed E-state index contributed by atoms with van der Waals surface area (Å²) in [6.45, 7) is 5.49. The second-order valence-electron chi connectivity index (χ2n) is 6.29. The number of hydrogen-bond donors (Lipinski definition) is 2. The first kappa shape index (κ1) is 15.1. The van der Waals surface area contributed by atoms with Crippen LogP contribution in [0.15, 0.2) is 48.7 Å². The Labute approximate surface area is 134 Å². The summed E-state index contributed by atoms with van der Waals surface area (Å²) in [7, 11) is 0. The van der Waals surface area contributed by atoms with E-state index in [0.29, 0.717) is 11.4 Å². The molecule has 0 bridgehead atoms. The highest BCUT2D eigenvalue weighted by molar-refractivity contribution is 5.95. The van der Waals surface area contributed by atoms with Gasteiger partial charge >= 0.3 is 6.09 Å². The van der Waals surface area contributed by atoms with Crippen LogP contribution in [0.5, 0.6) is 0 Å². The summed E-state index contributed by atoms with van der Waals surface area (Å²) in [5.41, 5.74) is 2.47. The Bertz CT molecular complexity index is 832. The Kier molecular flexibility index (Phi) is 3.78. The van der Waals surface area contributed by atoms with Gasteiger partial charge in [0.05, 0.1) is 11.4 Å². The molecule has 0 saturated carbocycles. The number of pyridine rings is 1. The topological polar surface area (TPSA) is 67.0 Å². The maximum absolute atomic E-state index is 12.1. The van der Waals surface area contributed by atoms with Crippen LogP contribution in [0.2, 0.25) is 0 Å².